The minimum absolute atomic E-state index is 0.0437. The molecule has 0 fully saturated rings. The Morgan fingerprint density at radius 3 is 2.50 bits per heavy atom. The van der Waals surface area contributed by atoms with Crippen molar-refractivity contribution in [2.45, 2.75) is 38.8 Å². The van der Waals surface area contributed by atoms with E-state index in [1.165, 1.54) is 6.92 Å². The maximum absolute atomic E-state index is 12.9. The van der Waals surface area contributed by atoms with Crippen LogP contribution in [0.2, 0.25) is 0 Å². The molecule has 154 valence electrons. The SMILES string of the molecule is C[C@H](OC(=O)CN1C(=O)Cc2ccccc2C1=O)C(=O)N1c2ccccc2C[C@H]1C. The highest BCUT2D eigenvalue weighted by molar-refractivity contribution is 6.11. The van der Waals surface area contributed by atoms with E-state index in [-0.39, 0.29) is 18.4 Å². The smallest absolute Gasteiger partial charge is 0.326 e. The molecule has 7 nitrogen and oxygen atoms in total. The molecule has 30 heavy (non-hydrogen) atoms. The fourth-order valence-corrected chi connectivity index (χ4v) is 4.07. The summed E-state index contributed by atoms with van der Waals surface area (Å²) in [6, 6.07) is 14.4. The van der Waals surface area contributed by atoms with E-state index >= 15 is 0 Å². The topological polar surface area (TPSA) is 84.0 Å². The van der Waals surface area contributed by atoms with E-state index in [2.05, 4.69) is 0 Å². The second kappa shape index (κ2) is 7.74. The quantitative estimate of drug-likeness (QED) is 0.574. The third-order valence-corrected chi connectivity index (χ3v) is 5.52. The first kappa shape index (κ1) is 19.8. The van der Waals surface area contributed by atoms with Crippen molar-refractivity contribution in [1.29, 1.82) is 0 Å². The van der Waals surface area contributed by atoms with Gasteiger partial charge >= 0.3 is 5.97 Å². The van der Waals surface area contributed by atoms with E-state index in [4.69, 9.17) is 4.74 Å². The van der Waals surface area contributed by atoms with Gasteiger partial charge in [-0.05, 0) is 43.5 Å². The number of nitrogens with zero attached hydrogens (tertiary/aromatic N) is 2. The average molecular weight is 406 g/mol. The van der Waals surface area contributed by atoms with Gasteiger partial charge in [-0.3, -0.25) is 24.1 Å². The number of amides is 3. The molecule has 2 heterocycles. The van der Waals surface area contributed by atoms with Crippen LogP contribution in [0.3, 0.4) is 0 Å². The van der Waals surface area contributed by atoms with Gasteiger partial charge in [0.2, 0.25) is 5.91 Å². The lowest BCUT2D eigenvalue weighted by molar-refractivity contribution is -0.156. The Bertz CT molecular complexity index is 1050. The van der Waals surface area contributed by atoms with E-state index in [9.17, 15) is 19.2 Å². The summed E-state index contributed by atoms with van der Waals surface area (Å²) in [5, 5.41) is 0. The number of rotatable bonds is 4. The van der Waals surface area contributed by atoms with Crippen LogP contribution in [0.25, 0.3) is 0 Å². The Hall–Kier alpha value is -3.48. The lowest BCUT2D eigenvalue weighted by atomic mass is 9.98. The summed E-state index contributed by atoms with van der Waals surface area (Å²) in [6.45, 7) is 2.92. The average Bonchev–Trinajstić information content (AvgIpc) is 3.06. The van der Waals surface area contributed by atoms with E-state index in [1.807, 2.05) is 31.2 Å². The summed E-state index contributed by atoms with van der Waals surface area (Å²) < 4.78 is 5.30. The number of anilines is 1. The van der Waals surface area contributed by atoms with E-state index in [1.54, 1.807) is 29.2 Å². The third kappa shape index (κ3) is 3.47. The van der Waals surface area contributed by atoms with Gasteiger partial charge in [-0.1, -0.05) is 36.4 Å². The van der Waals surface area contributed by atoms with Gasteiger partial charge in [0.25, 0.3) is 11.8 Å². The van der Waals surface area contributed by atoms with Gasteiger partial charge in [0.05, 0.1) is 6.42 Å². The summed E-state index contributed by atoms with van der Waals surface area (Å²) in [7, 11) is 0. The molecule has 0 spiro atoms. The van der Waals surface area contributed by atoms with Crippen LogP contribution < -0.4 is 4.90 Å². The number of imide groups is 1. The zero-order valence-corrected chi connectivity index (χ0v) is 16.8. The normalized spacial score (nSPS) is 18.7. The Morgan fingerprint density at radius 1 is 1.07 bits per heavy atom. The molecule has 7 heteroatoms. The van der Waals surface area contributed by atoms with E-state index in [0.29, 0.717) is 11.1 Å². The minimum atomic E-state index is -1.03. The monoisotopic (exact) mass is 406 g/mol. The van der Waals surface area contributed by atoms with Crippen LogP contribution in [0.4, 0.5) is 5.69 Å². The van der Waals surface area contributed by atoms with Crippen molar-refractivity contribution in [2.75, 3.05) is 11.4 Å². The lowest BCUT2D eigenvalue weighted by Crippen LogP contribution is -2.47. The minimum Gasteiger partial charge on any atom is -0.451 e. The van der Waals surface area contributed by atoms with E-state index < -0.39 is 30.4 Å². The van der Waals surface area contributed by atoms with Crippen molar-refractivity contribution in [3.05, 3.63) is 65.2 Å². The largest absolute Gasteiger partial charge is 0.451 e. The molecule has 0 unspecified atom stereocenters. The Balaban J connectivity index is 1.43. The molecule has 2 aromatic carbocycles. The number of ether oxygens (including phenoxy) is 1. The Labute approximate surface area is 174 Å². The zero-order chi connectivity index (χ0) is 21.4. The summed E-state index contributed by atoms with van der Waals surface area (Å²) in [5.41, 5.74) is 2.93. The van der Waals surface area contributed by atoms with Gasteiger partial charge in [-0.2, -0.15) is 0 Å². The van der Waals surface area contributed by atoms with E-state index in [0.717, 1.165) is 22.6 Å². The Kier molecular flexibility index (Phi) is 5.11. The molecule has 0 saturated heterocycles. The molecule has 3 amide bonds. The van der Waals surface area contributed by atoms with Crippen LogP contribution in [-0.2, 0) is 32.0 Å². The number of fused-ring (bicyclic) bond motifs is 2. The van der Waals surface area contributed by atoms with Crippen LogP contribution in [0.5, 0.6) is 0 Å². The second-order valence-electron chi connectivity index (χ2n) is 7.64. The first-order valence-electron chi connectivity index (χ1n) is 9.90. The Morgan fingerprint density at radius 2 is 1.73 bits per heavy atom. The molecule has 4 rings (SSSR count). The summed E-state index contributed by atoms with van der Waals surface area (Å²) in [5.74, 6) is -2.11. The summed E-state index contributed by atoms with van der Waals surface area (Å²) in [6.07, 6.45) is -0.252. The predicted octanol–water partition coefficient (Wildman–Crippen LogP) is 2.12. The summed E-state index contributed by atoms with van der Waals surface area (Å²) >= 11 is 0. The number of hydrogen-bond donors (Lipinski definition) is 0. The first-order chi connectivity index (χ1) is 14.4. The third-order valence-electron chi connectivity index (χ3n) is 5.52. The van der Waals surface area contributed by atoms with Gasteiger partial charge in [0.1, 0.15) is 6.54 Å². The second-order valence-corrected chi connectivity index (χ2v) is 7.64. The predicted molar refractivity (Wildman–Crippen MR) is 109 cm³/mol. The molecule has 2 aliphatic rings. The molecular weight excluding hydrogens is 384 g/mol. The highest BCUT2D eigenvalue weighted by Gasteiger charge is 2.36. The number of para-hydroxylation sites is 1. The highest BCUT2D eigenvalue weighted by atomic mass is 16.5. The molecule has 0 radical (unpaired) electrons. The van der Waals surface area contributed by atoms with Crippen LogP contribution >= 0.6 is 0 Å². The van der Waals surface area contributed by atoms with Gasteiger partial charge in [-0.25, -0.2) is 0 Å². The molecule has 0 saturated carbocycles. The van der Waals surface area contributed by atoms with Crippen LogP contribution in [0.1, 0.15) is 35.3 Å². The van der Waals surface area contributed by atoms with Crippen molar-refractivity contribution in [1.82, 2.24) is 4.90 Å². The van der Waals surface area contributed by atoms with Crippen molar-refractivity contribution in [3.8, 4) is 0 Å². The maximum atomic E-state index is 12.9. The fourth-order valence-electron chi connectivity index (χ4n) is 4.07. The molecule has 0 aliphatic carbocycles. The molecule has 2 atom stereocenters. The maximum Gasteiger partial charge on any atom is 0.326 e. The van der Waals surface area contributed by atoms with Crippen molar-refractivity contribution < 1.29 is 23.9 Å². The fraction of sp³-hybridized carbons (Fsp3) is 0.304. The lowest BCUT2D eigenvalue weighted by Gasteiger charge is -2.28. The first-order valence-corrected chi connectivity index (χ1v) is 9.90. The van der Waals surface area contributed by atoms with Crippen molar-refractivity contribution in [3.63, 3.8) is 0 Å². The van der Waals surface area contributed by atoms with Crippen LogP contribution in [0.15, 0.2) is 48.5 Å². The van der Waals surface area contributed by atoms with Crippen LogP contribution in [0, 0.1) is 0 Å². The van der Waals surface area contributed by atoms with Gasteiger partial charge in [-0.15, -0.1) is 0 Å². The zero-order valence-electron chi connectivity index (χ0n) is 16.8. The number of carbonyl (C=O) groups excluding carboxylic acids is 4. The van der Waals surface area contributed by atoms with Gasteiger partial charge < -0.3 is 9.64 Å². The number of benzene rings is 2. The molecule has 0 N–H and O–H groups in total. The standard InChI is InChI=1S/C23H22N2O5/c1-14-11-17-8-4-6-10-19(17)25(14)22(28)15(2)30-21(27)13-24-20(26)12-16-7-3-5-9-18(16)23(24)29/h3-10,14-15H,11-13H2,1-2H3/t14-,15+/m1/s1. The molecular formula is C23H22N2O5. The number of esters is 1. The molecule has 2 aromatic rings. The number of carbonyl (C=O) groups is 4. The highest BCUT2D eigenvalue weighted by Crippen LogP contribution is 2.32. The van der Waals surface area contributed by atoms with Crippen LogP contribution in [-0.4, -0.2) is 47.3 Å². The summed E-state index contributed by atoms with van der Waals surface area (Å²) in [4.78, 5) is 52.8. The van der Waals surface area contributed by atoms with Crippen molar-refractivity contribution >= 4 is 29.4 Å². The van der Waals surface area contributed by atoms with Gasteiger partial charge in [0, 0.05) is 17.3 Å². The molecule has 2 aliphatic heterocycles. The van der Waals surface area contributed by atoms with Gasteiger partial charge in [0.15, 0.2) is 6.10 Å². The number of hydrogen-bond acceptors (Lipinski definition) is 5. The molecule has 0 aromatic heterocycles. The molecule has 0 bridgehead atoms. The van der Waals surface area contributed by atoms with Crippen molar-refractivity contribution in [2.24, 2.45) is 0 Å².